The zero-order chi connectivity index (χ0) is 15.7. The Balaban J connectivity index is 1.78. The predicted octanol–water partition coefficient (Wildman–Crippen LogP) is 1.57. The average molecular weight is 321 g/mol. The van der Waals surface area contributed by atoms with Crippen molar-refractivity contribution in [2.24, 2.45) is 0 Å². The summed E-state index contributed by atoms with van der Waals surface area (Å²) in [6.07, 6.45) is 0.716. The lowest BCUT2D eigenvalue weighted by atomic mass is 10.1. The molecule has 0 saturated carbocycles. The molecule has 0 aliphatic carbocycles. The Labute approximate surface area is 132 Å². The Bertz CT molecular complexity index is 760. The van der Waals surface area contributed by atoms with E-state index in [0.717, 1.165) is 17.8 Å². The van der Waals surface area contributed by atoms with E-state index in [9.17, 15) is 4.79 Å². The first kappa shape index (κ1) is 14.9. The van der Waals surface area contributed by atoms with Crippen LogP contribution >= 0.6 is 11.6 Å². The van der Waals surface area contributed by atoms with Crippen molar-refractivity contribution in [2.45, 2.75) is 19.5 Å². The molecule has 2 heterocycles. The van der Waals surface area contributed by atoms with E-state index < -0.39 is 0 Å². The van der Waals surface area contributed by atoms with Crippen molar-refractivity contribution in [1.29, 1.82) is 0 Å². The lowest BCUT2D eigenvalue weighted by molar-refractivity contribution is 0.242. The number of halogens is 1. The minimum atomic E-state index is -0.153. The zero-order valence-corrected chi connectivity index (χ0v) is 13.0. The van der Waals surface area contributed by atoms with Gasteiger partial charge in [-0.2, -0.15) is 0 Å². The molecule has 6 nitrogen and oxygen atoms in total. The number of H-pyrrole nitrogens is 1. The van der Waals surface area contributed by atoms with Crippen LogP contribution in [0, 0.1) is 0 Å². The number of benzene rings is 1. The van der Waals surface area contributed by atoms with Crippen LogP contribution in [0.2, 0.25) is 5.02 Å². The van der Waals surface area contributed by atoms with E-state index in [2.05, 4.69) is 14.9 Å². The molecule has 0 spiro atoms. The van der Waals surface area contributed by atoms with Crippen molar-refractivity contribution in [3.8, 4) is 5.75 Å². The largest absolute Gasteiger partial charge is 0.495 e. The van der Waals surface area contributed by atoms with Gasteiger partial charge < -0.3 is 10.5 Å². The number of nitrogens with two attached hydrogens (primary N) is 1. The number of rotatable bonds is 3. The summed E-state index contributed by atoms with van der Waals surface area (Å²) >= 11 is 6.15. The summed E-state index contributed by atoms with van der Waals surface area (Å²) < 4.78 is 5.15. The SMILES string of the molecule is COc1ccc(CN2CCc3nc(N)[nH]c(=O)c3C2)cc1Cl. The molecule has 3 rings (SSSR count). The number of fused-ring (bicyclic) bond motifs is 1. The molecule has 2 aromatic rings. The number of nitrogen functional groups attached to an aromatic ring is 1. The number of methoxy groups -OCH3 is 1. The quantitative estimate of drug-likeness (QED) is 0.897. The minimum Gasteiger partial charge on any atom is -0.495 e. The number of ether oxygens (including phenoxy) is 1. The van der Waals surface area contributed by atoms with Crippen LogP contribution in [0.1, 0.15) is 16.8 Å². The van der Waals surface area contributed by atoms with Crippen LogP contribution in [0.5, 0.6) is 5.75 Å². The summed E-state index contributed by atoms with van der Waals surface area (Å²) in [5.41, 5.74) is 7.99. The van der Waals surface area contributed by atoms with Gasteiger partial charge in [0.25, 0.3) is 5.56 Å². The highest BCUT2D eigenvalue weighted by Crippen LogP contribution is 2.26. The van der Waals surface area contributed by atoms with Gasteiger partial charge in [0, 0.05) is 26.1 Å². The first-order valence-corrected chi connectivity index (χ1v) is 7.37. The molecule has 0 bridgehead atoms. The molecular weight excluding hydrogens is 304 g/mol. The lowest BCUT2D eigenvalue weighted by Crippen LogP contribution is -2.35. The zero-order valence-electron chi connectivity index (χ0n) is 12.2. The maximum Gasteiger partial charge on any atom is 0.257 e. The van der Waals surface area contributed by atoms with Crippen molar-refractivity contribution in [3.63, 3.8) is 0 Å². The number of aromatic nitrogens is 2. The number of hydrogen-bond donors (Lipinski definition) is 2. The monoisotopic (exact) mass is 320 g/mol. The second-order valence-electron chi connectivity index (χ2n) is 5.31. The number of nitrogens with zero attached hydrogens (tertiary/aromatic N) is 2. The second kappa shape index (κ2) is 5.98. The van der Waals surface area contributed by atoms with Crippen LogP contribution in [0.25, 0.3) is 0 Å². The fraction of sp³-hybridized carbons (Fsp3) is 0.333. The van der Waals surface area contributed by atoms with Gasteiger partial charge in [-0.05, 0) is 17.7 Å². The van der Waals surface area contributed by atoms with Crippen molar-refractivity contribution < 1.29 is 4.74 Å². The highest BCUT2D eigenvalue weighted by Gasteiger charge is 2.21. The highest BCUT2D eigenvalue weighted by molar-refractivity contribution is 6.32. The summed E-state index contributed by atoms with van der Waals surface area (Å²) in [6, 6.07) is 5.72. The van der Waals surface area contributed by atoms with E-state index in [1.807, 2.05) is 18.2 Å². The molecule has 0 amide bonds. The predicted molar refractivity (Wildman–Crippen MR) is 85.1 cm³/mol. The molecule has 116 valence electrons. The van der Waals surface area contributed by atoms with Crippen LogP contribution in [0.4, 0.5) is 5.95 Å². The molecule has 3 N–H and O–H groups in total. The van der Waals surface area contributed by atoms with Gasteiger partial charge in [0.15, 0.2) is 0 Å². The smallest absolute Gasteiger partial charge is 0.257 e. The third-order valence-electron chi connectivity index (χ3n) is 3.79. The Morgan fingerprint density at radius 3 is 3.05 bits per heavy atom. The average Bonchev–Trinajstić information content (AvgIpc) is 2.48. The van der Waals surface area contributed by atoms with Gasteiger partial charge in [-0.25, -0.2) is 4.98 Å². The van der Waals surface area contributed by atoms with E-state index in [0.29, 0.717) is 35.8 Å². The molecule has 1 aliphatic rings. The molecule has 0 fully saturated rings. The van der Waals surface area contributed by atoms with Crippen molar-refractivity contribution >= 4 is 17.5 Å². The Hall–Kier alpha value is -2.05. The first-order chi connectivity index (χ1) is 10.6. The van der Waals surface area contributed by atoms with Crippen molar-refractivity contribution in [2.75, 3.05) is 19.4 Å². The van der Waals surface area contributed by atoms with Gasteiger partial charge in [0.1, 0.15) is 5.75 Å². The molecule has 7 heteroatoms. The van der Waals surface area contributed by atoms with E-state index in [1.165, 1.54) is 0 Å². The summed E-state index contributed by atoms with van der Waals surface area (Å²) in [7, 11) is 1.59. The van der Waals surface area contributed by atoms with Crippen LogP contribution < -0.4 is 16.0 Å². The fourth-order valence-electron chi connectivity index (χ4n) is 2.70. The van der Waals surface area contributed by atoms with Gasteiger partial charge in [-0.3, -0.25) is 14.7 Å². The highest BCUT2D eigenvalue weighted by atomic mass is 35.5. The van der Waals surface area contributed by atoms with Crippen LogP contribution in [-0.2, 0) is 19.5 Å². The molecule has 0 atom stereocenters. The summed E-state index contributed by atoms with van der Waals surface area (Å²) in [5, 5.41) is 0.588. The third kappa shape index (κ3) is 2.93. The lowest BCUT2D eigenvalue weighted by Gasteiger charge is -2.27. The topological polar surface area (TPSA) is 84.2 Å². The first-order valence-electron chi connectivity index (χ1n) is 6.99. The number of aromatic amines is 1. The normalized spacial score (nSPS) is 14.6. The maximum atomic E-state index is 12.0. The Morgan fingerprint density at radius 1 is 1.50 bits per heavy atom. The van der Waals surface area contributed by atoms with E-state index in [4.69, 9.17) is 22.1 Å². The molecule has 1 aliphatic heterocycles. The molecule has 1 aromatic heterocycles. The van der Waals surface area contributed by atoms with Gasteiger partial charge in [0.2, 0.25) is 5.95 Å². The van der Waals surface area contributed by atoms with Gasteiger partial charge in [-0.15, -0.1) is 0 Å². The number of hydrogen-bond acceptors (Lipinski definition) is 5. The van der Waals surface area contributed by atoms with Crippen LogP contribution in [0.3, 0.4) is 0 Å². The Kier molecular flexibility index (Phi) is 4.04. The maximum absolute atomic E-state index is 12.0. The van der Waals surface area contributed by atoms with Gasteiger partial charge in [0.05, 0.1) is 23.4 Å². The Morgan fingerprint density at radius 2 is 2.32 bits per heavy atom. The summed E-state index contributed by atoms with van der Waals surface area (Å²) in [4.78, 5) is 20.9. The molecule has 0 saturated heterocycles. The standard InChI is InChI=1S/C15H17ClN4O2/c1-22-13-3-2-9(6-11(13)16)7-20-5-4-12-10(8-20)14(21)19-15(17)18-12/h2-3,6H,4-5,7-8H2,1H3,(H3,17,18,19,21). The minimum absolute atomic E-state index is 0.153. The third-order valence-corrected chi connectivity index (χ3v) is 4.08. The van der Waals surface area contributed by atoms with Crippen LogP contribution in [-0.4, -0.2) is 28.5 Å². The van der Waals surface area contributed by atoms with Crippen molar-refractivity contribution in [3.05, 3.63) is 50.4 Å². The molecule has 22 heavy (non-hydrogen) atoms. The number of nitrogens with one attached hydrogen (secondary N) is 1. The number of anilines is 1. The van der Waals surface area contributed by atoms with Gasteiger partial charge >= 0.3 is 0 Å². The molecule has 0 unspecified atom stereocenters. The molecule has 0 radical (unpaired) electrons. The summed E-state index contributed by atoms with van der Waals surface area (Å²) in [6.45, 7) is 2.10. The summed E-state index contributed by atoms with van der Waals surface area (Å²) in [5.74, 6) is 0.838. The van der Waals surface area contributed by atoms with E-state index in [-0.39, 0.29) is 11.5 Å². The second-order valence-corrected chi connectivity index (χ2v) is 5.71. The fourth-order valence-corrected chi connectivity index (χ4v) is 2.98. The van der Waals surface area contributed by atoms with Crippen LogP contribution in [0.15, 0.2) is 23.0 Å². The molecule has 1 aromatic carbocycles. The van der Waals surface area contributed by atoms with E-state index in [1.54, 1.807) is 7.11 Å². The molecular formula is C15H17ClN4O2. The van der Waals surface area contributed by atoms with Crippen molar-refractivity contribution in [1.82, 2.24) is 14.9 Å². The van der Waals surface area contributed by atoms with E-state index >= 15 is 0 Å². The van der Waals surface area contributed by atoms with Gasteiger partial charge in [-0.1, -0.05) is 17.7 Å².